The van der Waals surface area contributed by atoms with E-state index in [4.69, 9.17) is 18.9 Å². The average Bonchev–Trinajstić information content (AvgIpc) is 3.22. The molecule has 10 nitrogen and oxygen atoms in total. The molecule has 4 aliphatic rings. The summed E-state index contributed by atoms with van der Waals surface area (Å²) in [6, 6.07) is 21.1. The first-order valence-electron chi connectivity index (χ1n) is 22.1. The summed E-state index contributed by atoms with van der Waals surface area (Å²) >= 11 is 0. The summed E-state index contributed by atoms with van der Waals surface area (Å²) in [5, 5.41) is 5.95. The number of rotatable bonds is 4. The summed E-state index contributed by atoms with van der Waals surface area (Å²) in [5.74, 6) is 3.13. The fourth-order valence-corrected chi connectivity index (χ4v) is 9.03. The number of ether oxygens (including phenoxy) is 4. The van der Waals surface area contributed by atoms with Crippen LogP contribution in [0.5, 0.6) is 23.0 Å². The number of carbonyl (C=O) groups is 3. The molecule has 0 aromatic heterocycles. The van der Waals surface area contributed by atoms with Crippen LogP contribution in [0.3, 0.4) is 0 Å². The summed E-state index contributed by atoms with van der Waals surface area (Å²) in [6.45, 7) is 17.5. The first-order chi connectivity index (χ1) is 29.4. The quantitative estimate of drug-likeness (QED) is 0.211. The Morgan fingerprint density at radius 2 is 0.934 bits per heavy atom. The molecule has 326 valence electrons. The van der Waals surface area contributed by atoms with E-state index in [1.807, 2.05) is 41.3 Å². The van der Waals surface area contributed by atoms with E-state index in [0.29, 0.717) is 64.1 Å². The Hall–Kier alpha value is -5.51. The number of likely N-dealkylation sites (tertiary alicyclic amines) is 1. The predicted octanol–water partition coefficient (Wildman–Crippen LogP) is 9.36. The summed E-state index contributed by atoms with van der Waals surface area (Å²) in [7, 11) is 0. The molecule has 1 spiro atoms. The Morgan fingerprint density at radius 3 is 1.30 bits per heavy atom. The van der Waals surface area contributed by atoms with Crippen molar-refractivity contribution in [1.82, 2.24) is 15.5 Å². The highest BCUT2D eigenvalue weighted by Gasteiger charge is 2.40. The lowest BCUT2D eigenvalue weighted by molar-refractivity contribution is -0.130. The Labute approximate surface area is 362 Å². The monoisotopic (exact) mass is 831 g/mol. The SMILES string of the molecule is CC(=O)NCc1cccc2c1-c1c(CNC(C)=O)cccc1OCCCCCOc1c(C)cc(cc1C)C1(CCN(C(C)=O)CC1)c1cc(C)c(c(C)c1)OCCCCCO2. The molecule has 4 heterocycles. The molecule has 0 aliphatic carbocycles. The van der Waals surface area contributed by atoms with Gasteiger partial charge in [0.15, 0.2) is 0 Å². The van der Waals surface area contributed by atoms with Crippen molar-refractivity contribution >= 4 is 17.7 Å². The van der Waals surface area contributed by atoms with Crippen LogP contribution in [0.1, 0.15) is 117 Å². The molecule has 3 amide bonds. The van der Waals surface area contributed by atoms with E-state index in [1.54, 1.807) is 6.92 Å². The number of fused-ring (bicyclic) bond motifs is 2. The Balaban J connectivity index is 1.31. The number of hydrogen-bond acceptors (Lipinski definition) is 7. The Bertz CT molecular complexity index is 2000. The molecule has 0 unspecified atom stereocenters. The molecular formula is C51H65N3O7. The van der Waals surface area contributed by atoms with Gasteiger partial charge >= 0.3 is 0 Å². The summed E-state index contributed by atoms with van der Waals surface area (Å²) in [5.41, 5.74) is 10.2. The lowest BCUT2D eigenvalue weighted by atomic mass is 9.67. The maximum absolute atomic E-state index is 12.4. The predicted molar refractivity (Wildman–Crippen MR) is 241 cm³/mol. The van der Waals surface area contributed by atoms with Crippen LogP contribution in [0.15, 0.2) is 60.7 Å². The standard InChI is InChI=1S/C51H65N3O7/c1-34-28-43-29-35(2)49(34)60-26-12-8-10-24-58-45-18-14-16-41(32-52-38(5)55)47(45)48-42(33-53-39(6)56)17-15-19-46(48)59-25-11-9-13-27-61-50-36(3)30-44(31-37(50)4)51(43)20-22-54(23-21-51)40(7)57/h14-19,28-31H,8-13,20-27,32-33H2,1-7H3,(H,52,55)(H,53,56). The minimum Gasteiger partial charge on any atom is -0.493 e. The molecule has 8 rings (SSSR count). The second kappa shape index (κ2) is 20.8. The van der Waals surface area contributed by atoms with Crippen molar-refractivity contribution in [2.45, 2.75) is 118 Å². The van der Waals surface area contributed by atoms with Crippen LogP contribution in [-0.2, 0) is 32.9 Å². The maximum atomic E-state index is 12.4. The van der Waals surface area contributed by atoms with Gasteiger partial charge in [0.1, 0.15) is 23.0 Å². The van der Waals surface area contributed by atoms with E-state index in [9.17, 15) is 14.4 Å². The lowest BCUT2D eigenvalue weighted by Gasteiger charge is -2.43. The first-order valence-corrected chi connectivity index (χ1v) is 22.1. The van der Waals surface area contributed by atoms with Crippen LogP contribution >= 0.6 is 0 Å². The van der Waals surface area contributed by atoms with E-state index in [1.165, 1.54) is 25.0 Å². The van der Waals surface area contributed by atoms with Gasteiger partial charge in [-0.25, -0.2) is 0 Å². The van der Waals surface area contributed by atoms with Crippen LogP contribution in [0, 0.1) is 27.7 Å². The van der Waals surface area contributed by atoms with Crippen molar-refractivity contribution in [2.24, 2.45) is 0 Å². The van der Waals surface area contributed by atoms with Crippen molar-refractivity contribution in [3.05, 3.63) is 105 Å². The first kappa shape index (κ1) is 45.0. The number of aryl methyl sites for hydroxylation is 4. The number of amides is 3. The maximum Gasteiger partial charge on any atom is 0.219 e. The van der Waals surface area contributed by atoms with Crippen LogP contribution in [0.25, 0.3) is 11.1 Å². The van der Waals surface area contributed by atoms with Gasteiger partial charge in [0, 0.05) is 63.5 Å². The van der Waals surface area contributed by atoms with Gasteiger partial charge in [0.25, 0.3) is 0 Å². The van der Waals surface area contributed by atoms with Gasteiger partial charge in [-0.2, -0.15) is 0 Å². The Morgan fingerprint density at radius 1 is 0.557 bits per heavy atom. The van der Waals surface area contributed by atoms with Crippen molar-refractivity contribution in [3.8, 4) is 34.1 Å². The number of carbonyl (C=O) groups excluding carboxylic acids is 3. The lowest BCUT2D eigenvalue weighted by Crippen LogP contribution is -2.45. The van der Waals surface area contributed by atoms with E-state index < -0.39 is 0 Å². The zero-order chi connectivity index (χ0) is 43.5. The number of benzene rings is 4. The van der Waals surface area contributed by atoms with E-state index in [2.05, 4.69) is 62.6 Å². The second-order valence-corrected chi connectivity index (χ2v) is 16.9. The van der Waals surface area contributed by atoms with Crippen molar-refractivity contribution < 1.29 is 33.3 Å². The van der Waals surface area contributed by atoms with Crippen LogP contribution in [-0.4, -0.2) is 62.1 Å². The summed E-state index contributed by atoms with van der Waals surface area (Å²) < 4.78 is 26.1. The topological polar surface area (TPSA) is 115 Å². The molecule has 1 fully saturated rings. The van der Waals surface area contributed by atoms with Gasteiger partial charge in [-0.15, -0.1) is 0 Å². The third-order valence-electron chi connectivity index (χ3n) is 12.2. The van der Waals surface area contributed by atoms with E-state index in [-0.39, 0.29) is 23.1 Å². The van der Waals surface area contributed by atoms with E-state index >= 15 is 0 Å². The third kappa shape index (κ3) is 11.1. The van der Waals surface area contributed by atoms with Crippen LogP contribution in [0.4, 0.5) is 0 Å². The molecule has 0 radical (unpaired) electrons. The van der Waals surface area contributed by atoms with Crippen LogP contribution in [0.2, 0.25) is 0 Å². The highest BCUT2D eigenvalue weighted by molar-refractivity contribution is 5.83. The van der Waals surface area contributed by atoms with Gasteiger partial charge in [-0.1, -0.05) is 48.5 Å². The van der Waals surface area contributed by atoms with Gasteiger partial charge < -0.3 is 34.5 Å². The molecule has 4 aliphatic heterocycles. The number of nitrogens with one attached hydrogen (secondary N) is 2. The molecule has 2 N–H and O–H groups in total. The van der Waals surface area contributed by atoms with Crippen molar-refractivity contribution in [3.63, 3.8) is 0 Å². The fraction of sp³-hybridized carbons (Fsp3) is 0.471. The molecule has 0 atom stereocenters. The largest absolute Gasteiger partial charge is 0.493 e. The zero-order valence-corrected chi connectivity index (χ0v) is 37.4. The van der Waals surface area contributed by atoms with Gasteiger partial charge in [-0.3, -0.25) is 14.4 Å². The fourth-order valence-electron chi connectivity index (χ4n) is 9.03. The highest BCUT2D eigenvalue weighted by Crippen LogP contribution is 2.46. The van der Waals surface area contributed by atoms with Gasteiger partial charge in [0.05, 0.1) is 26.4 Å². The van der Waals surface area contributed by atoms with Gasteiger partial charge in [0.2, 0.25) is 17.7 Å². The second-order valence-electron chi connectivity index (χ2n) is 16.9. The third-order valence-corrected chi connectivity index (χ3v) is 12.2. The minimum absolute atomic E-state index is 0.127. The Kier molecular flexibility index (Phi) is 15.4. The smallest absolute Gasteiger partial charge is 0.219 e. The normalized spacial score (nSPS) is 16.1. The minimum atomic E-state index is -0.246. The molecule has 4 aromatic rings. The molecule has 4 bridgehead atoms. The molecule has 61 heavy (non-hydrogen) atoms. The zero-order valence-electron chi connectivity index (χ0n) is 37.4. The number of nitrogens with zero attached hydrogens (tertiary/aromatic N) is 1. The number of piperidine rings is 1. The molecular weight excluding hydrogens is 767 g/mol. The average molecular weight is 832 g/mol. The molecule has 1 saturated heterocycles. The summed E-state index contributed by atoms with van der Waals surface area (Å²) in [6.07, 6.45) is 6.91. The number of hydrogen-bond donors (Lipinski definition) is 2. The highest BCUT2D eigenvalue weighted by atomic mass is 16.5. The van der Waals surface area contributed by atoms with Gasteiger partial charge in [-0.05, 0) is 136 Å². The van der Waals surface area contributed by atoms with Crippen molar-refractivity contribution in [1.29, 1.82) is 0 Å². The molecule has 10 heteroatoms. The van der Waals surface area contributed by atoms with Crippen LogP contribution < -0.4 is 29.6 Å². The molecule has 0 saturated carbocycles. The van der Waals surface area contributed by atoms with Crippen molar-refractivity contribution in [2.75, 3.05) is 39.5 Å². The summed E-state index contributed by atoms with van der Waals surface area (Å²) in [4.78, 5) is 38.7. The van der Waals surface area contributed by atoms with E-state index in [0.717, 1.165) is 107 Å². The molecule has 4 aromatic carbocycles.